The Labute approximate surface area is 185 Å². The summed E-state index contributed by atoms with van der Waals surface area (Å²) in [6, 6.07) is 0. The minimum atomic E-state index is 0.887. The maximum Gasteiger partial charge on any atom is -0.0386 e. The zero-order valence-electron chi connectivity index (χ0n) is 20.9. The average Bonchev–Trinajstić information content (AvgIpc) is 2.73. The summed E-state index contributed by atoms with van der Waals surface area (Å²) in [4.78, 5) is 0. The van der Waals surface area contributed by atoms with Crippen molar-refractivity contribution in [2.45, 2.75) is 150 Å². The summed E-state index contributed by atoms with van der Waals surface area (Å²) in [5.41, 5.74) is 0. The van der Waals surface area contributed by atoms with E-state index in [-0.39, 0.29) is 0 Å². The molecule has 2 aliphatic carbocycles. The Morgan fingerprint density at radius 1 is 0.552 bits per heavy atom. The molecule has 1 unspecified atom stereocenters. The highest BCUT2D eigenvalue weighted by atomic mass is 14.4. The zero-order chi connectivity index (χ0) is 20.9. The first kappa shape index (κ1) is 25.3. The van der Waals surface area contributed by atoms with Crippen LogP contribution in [-0.4, -0.2) is 0 Å². The lowest BCUT2D eigenvalue weighted by atomic mass is 9.68. The molecule has 0 nitrogen and oxygen atoms in total. The Morgan fingerprint density at radius 2 is 1.10 bits per heavy atom. The van der Waals surface area contributed by atoms with Crippen LogP contribution < -0.4 is 0 Å². The highest BCUT2D eigenvalue weighted by Crippen LogP contribution is 2.43. The number of rotatable bonds is 14. The van der Waals surface area contributed by atoms with Gasteiger partial charge in [0.1, 0.15) is 0 Å². The third-order valence-corrected chi connectivity index (χ3v) is 8.71. The molecule has 2 aliphatic rings. The van der Waals surface area contributed by atoms with Gasteiger partial charge in [0.25, 0.3) is 0 Å². The van der Waals surface area contributed by atoms with E-state index in [0.29, 0.717) is 0 Å². The maximum absolute atomic E-state index is 2.51. The second-order valence-corrected chi connectivity index (χ2v) is 11.8. The molecule has 0 aromatic rings. The second-order valence-electron chi connectivity index (χ2n) is 11.8. The van der Waals surface area contributed by atoms with E-state index in [1.54, 1.807) is 57.8 Å². The number of hydrogen-bond donors (Lipinski definition) is 0. The van der Waals surface area contributed by atoms with E-state index in [1.165, 1.54) is 64.2 Å². The van der Waals surface area contributed by atoms with E-state index in [1.807, 2.05) is 0 Å². The van der Waals surface area contributed by atoms with Crippen molar-refractivity contribution >= 4 is 0 Å². The maximum atomic E-state index is 2.51. The molecule has 29 heavy (non-hydrogen) atoms. The fourth-order valence-corrected chi connectivity index (χ4v) is 6.47. The SMILES string of the molecule is CCCCCCC[C@H]1CC[C@@H]([C@H]2CC[C@H](CCC(C)CCCC(C)C)CC2)CC1. The summed E-state index contributed by atoms with van der Waals surface area (Å²) in [7, 11) is 0. The molecule has 2 fully saturated rings. The van der Waals surface area contributed by atoms with E-state index >= 15 is 0 Å². The molecule has 0 aromatic heterocycles. The van der Waals surface area contributed by atoms with Crippen molar-refractivity contribution in [2.24, 2.45) is 35.5 Å². The molecular weight excluding hydrogens is 348 g/mol. The van der Waals surface area contributed by atoms with E-state index in [0.717, 1.165) is 35.5 Å². The van der Waals surface area contributed by atoms with Gasteiger partial charge in [0, 0.05) is 0 Å². The van der Waals surface area contributed by atoms with Crippen molar-refractivity contribution in [3.63, 3.8) is 0 Å². The van der Waals surface area contributed by atoms with Gasteiger partial charge in [-0.1, -0.05) is 124 Å². The van der Waals surface area contributed by atoms with Crippen LogP contribution in [0.2, 0.25) is 0 Å². The van der Waals surface area contributed by atoms with Crippen LogP contribution in [0.1, 0.15) is 150 Å². The molecule has 0 saturated heterocycles. The Bertz CT molecular complexity index is 367. The Balaban J connectivity index is 1.51. The molecule has 172 valence electrons. The largest absolute Gasteiger partial charge is 0.0654 e. The van der Waals surface area contributed by atoms with Gasteiger partial charge >= 0.3 is 0 Å². The van der Waals surface area contributed by atoms with E-state index < -0.39 is 0 Å². The third-order valence-electron chi connectivity index (χ3n) is 8.71. The first-order valence-corrected chi connectivity index (χ1v) is 14.1. The van der Waals surface area contributed by atoms with Crippen LogP contribution in [-0.2, 0) is 0 Å². The third kappa shape index (κ3) is 10.7. The predicted molar refractivity (Wildman–Crippen MR) is 131 cm³/mol. The lowest BCUT2D eigenvalue weighted by Crippen LogP contribution is -2.26. The zero-order valence-corrected chi connectivity index (χ0v) is 20.9. The van der Waals surface area contributed by atoms with Gasteiger partial charge in [-0.3, -0.25) is 0 Å². The lowest BCUT2D eigenvalue weighted by molar-refractivity contribution is 0.138. The molecular formula is C29H56. The summed E-state index contributed by atoms with van der Waals surface area (Å²) < 4.78 is 0. The molecule has 0 N–H and O–H groups in total. The number of unbranched alkanes of at least 4 members (excludes halogenated alkanes) is 4. The lowest BCUT2D eigenvalue weighted by Gasteiger charge is -2.38. The summed E-state index contributed by atoms with van der Waals surface area (Å²) in [6.45, 7) is 9.56. The molecule has 1 atom stereocenters. The molecule has 0 heterocycles. The molecule has 0 radical (unpaired) electrons. The predicted octanol–water partition coefficient (Wildman–Crippen LogP) is 10.2. The minimum absolute atomic E-state index is 0.887. The van der Waals surface area contributed by atoms with Crippen molar-refractivity contribution in [1.82, 2.24) is 0 Å². The molecule has 2 saturated carbocycles. The van der Waals surface area contributed by atoms with Crippen LogP contribution in [0.25, 0.3) is 0 Å². The summed E-state index contributed by atoms with van der Waals surface area (Å²) in [6.07, 6.45) is 28.7. The van der Waals surface area contributed by atoms with E-state index in [2.05, 4.69) is 27.7 Å². The standard InChI is InChI=1S/C29H56/c1-5-6-7-8-9-13-26-16-20-28(21-17-26)29-22-18-27(19-23-29)15-14-25(4)12-10-11-24(2)3/h24-29H,5-23H2,1-4H3/t25?,26-,27-,28+,29-. The van der Waals surface area contributed by atoms with Gasteiger partial charge in [-0.05, 0) is 61.2 Å². The van der Waals surface area contributed by atoms with E-state index in [9.17, 15) is 0 Å². The molecule has 0 bridgehead atoms. The summed E-state index contributed by atoms with van der Waals surface area (Å²) >= 11 is 0. The highest BCUT2D eigenvalue weighted by molar-refractivity contribution is 4.82. The average molecular weight is 405 g/mol. The van der Waals surface area contributed by atoms with Crippen LogP contribution in [0.15, 0.2) is 0 Å². The van der Waals surface area contributed by atoms with Crippen LogP contribution >= 0.6 is 0 Å². The van der Waals surface area contributed by atoms with Gasteiger partial charge in [-0.15, -0.1) is 0 Å². The molecule has 0 heteroatoms. The first-order valence-electron chi connectivity index (χ1n) is 14.1. The fourth-order valence-electron chi connectivity index (χ4n) is 6.47. The molecule has 0 amide bonds. The Morgan fingerprint density at radius 3 is 1.66 bits per heavy atom. The van der Waals surface area contributed by atoms with Crippen molar-refractivity contribution < 1.29 is 0 Å². The van der Waals surface area contributed by atoms with Crippen molar-refractivity contribution in [3.8, 4) is 0 Å². The van der Waals surface area contributed by atoms with Crippen LogP contribution in [0.3, 0.4) is 0 Å². The van der Waals surface area contributed by atoms with Crippen molar-refractivity contribution in [3.05, 3.63) is 0 Å². The molecule has 0 spiro atoms. The highest BCUT2D eigenvalue weighted by Gasteiger charge is 2.30. The van der Waals surface area contributed by atoms with Gasteiger partial charge in [0.15, 0.2) is 0 Å². The van der Waals surface area contributed by atoms with Crippen LogP contribution in [0, 0.1) is 35.5 Å². The van der Waals surface area contributed by atoms with Crippen LogP contribution in [0.4, 0.5) is 0 Å². The Hall–Kier alpha value is 0. The summed E-state index contributed by atoms with van der Waals surface area (Å²) in [5, 5.41) is 0. The van der Waals surface area contributed by atoms with Gasteiger partial charge in [0.05, 0.1) is 0 Å². The first-order chi connectivity index (χ1) is 14.1. The summed E-state index contributed by atoms with van der Waals surface area (Å²) in [5.74, 6) is 6.20. The monoisotopic (exact) mass is 404 g/mol. The molecule has 0 aliphatic heterocycles. The normalized spacial score (nSPS) is 29.3. The quantitative estimate of drug-likeness (QED) is 0.252. The van der Waals surface area contributed by atoms with Crippen molar-refractivity contribution in [2.75, 3.05) is 0 Å². The van der Waals surface area contributed by atoms with Gasteiger partial charge in [-0.2, -0.15) is 0 Å². The number of hydrogen-bond acceptors (Lipinski definition) is 0. The fraction of sp³-hybridized carbons (Fsp3) is 1.00. The van der Waals surface area contributed by atoms with Gasteiger partial charge in [-0.25, -0.2) is 0 Å². The van der Waals surface area contributed by atoms with Gasteiger partial charge in [0.2, 0.25) is 0 Å². The second kappa shape index (κ2) is 14.9. The topological polar surface area (TPSA) is 0 Å². The van der Waals surface area contributed by atoms with E-state index in [4.69, 9.17) is 0 Å². The van der Waals surface area contributed by atoms with Crippen LogP contribution in [0.5, 0.6) is 0 Å². The Kier molecular flexibility index (Phi) is 13.0. The van der Waals surface area contributed by atoms with Crippen molar-refractivity contribution in [1.29, 1.82) is 0 Å². The molecule has 0 aromatic carbocycles. The van der Waals surface area contributed by atoms with Gasteiger partial charge < -0.3 is 0 Å². The smallest absolute Gasteiger partial charge is 0.0386 e. The minimum Gasteiger partial charge on any atom is -0.0654 e. The molecule has 2 rings (SSSR count).